The Morgan fingerprint density at radius 3 is 2.26 bits per heavy atom. The molecule has 0 saturated carbocycles. The summed E-state index contributed by atoms with van der Waals surface area (Å²) in [5.41, 5.74) is 2.79. The molecule has 2 aromatic carbocycles. The lowest BCUT2D eigenvalue weighted by Crippen LogP contribution is -1.99. The van der Waals surface area contributed by atoms with Crippen LogP contribution in [-0.2, 0) is 6.42 Å². The fourth-order valence-electron chi connectivity index (χ4n) is 1.96. The average Bonchev–Trinajstić information content (AvgIpc) is 2.42. The molecule has 0 nitrogen and oxygen atoms in total. The molecule has 0 aliphatic heterocycles. The Balaban J connectivity index is 2.37. The number of benzene rings is 2. The molecule has 1 atom stereocenters. The van der Waals surface area contributed by atoms with Crippen LogP contribution in [0.2, 0.25) is 0 Å². The van der Waals surface area contributed by atoms with Gasteiger partial charge in [0, 0.05) is 5.56 Å². The zero-order valence-corrected chi connectivity index (χ0v) is 12.5. The summed E-state index contributed by atoms with van der Waals surface area (Å²) in [4.78, 5) is -0.339. The van der Waals surface area contributed by atoms with E-state index in [9.17, 15) is 8.78 Å². The van der Waals surface area contributed by atoms with E-state index in [1.807, 2.05) is 24.3 Å². The van der Waals surface area contributed by atoms with Crippen molar-refractivity contribution in [3.63, 3.8) is 0 Å². The highest BCUT2D eigenvalue weighted by atomic mass is 79.9. The zero-order valence-electron chi connectivity index (χ0n) is 10.9. The molecule has 0 amide bonds. The summed E-state index contributed by atoms with van der Waals surface area (Å²) in [5, 5.41) is 0. The van der Waals surface area contributed by atoms with E-state index in [2.05, 4.69) is 22.9 Å². The maximum atomic E-state index is 13.9. The van der Waals surface area contributed by atoms with Gasteiger partial charge < -0.3 is 0 Å². The van der Waals surface area contributed by atoms with Crippen LogP contribution in [-0.4, -0.2) is 0 Å². The number of alkyl halides is 1. The van der Waals surface area contributed by atoms with Gasteiger partial charge >= 0.3 is 0 Å². The fraction of sp³-hybridized carbons (Fsp3) is 0.250. The lowest BCUT2D eigenvalue weighted by molar-refractivity contribution is 0.581. The second-order valence-corrected chi connectivity index (χ2v) is 5.50. The first kappa shape index (κ1) is 14.2. The summed E-state index contributed by atoms with van der Waals surface area (Å²) < 4.78 is 27.5. The summed E-state index contributed by atoms with van der Waals surface area (Å²) in [6.45, 7) is 3.64. The summed E-state index contributed by atoms with van der Waals surface area (Å²) in [6.07, 6.45) is 0.959. The molecule has 0 saturated heterocycles. The van der Waals surface area contributed by atoms with Gasteiger partial charge in [-0.25, -0.2) is 8.78 Å². The summed E-state index contributed by atoms with van der Waals surface area (Å²) in [7, 11) is 0. The molecule has 19 heavy (non-hydrogen) atoms. The van der Waals surface area contributed by atoms with E-state index >= 15 is 0 Å². The van der Waals surface area contributed by atoms with Gasteiger partial charge in [-0.05, 0) is 42.2 Å². The van der Waals surface area contributed by atoms with Crippen molar-refractivity contribution in [3.8, 4) is 0 Å². The Kier molecular flexibility index (Phi) is 4.35. The summed E-state index contributed by atoms with van der Waals surface area (Å²) in [6, 6.07) is 10.4. The van der Waals surface area contributed by atoms with Gasteiger partial charge in [-0.2, -0.15) is 0 Å². The van der Waals surface area contributed by atoms with E-state index in [1.165, 1.54) is 17.7 Å². The minimum Gasteiger partial charge on any atom is -0.207 e. The number of halogens is 3. The lowest BCUT2D eigenvalue weighted by atomic mass is 10.0. The Morgan fingerprint density at radius 1 is 1.05 bits per heavy atom. The molecule has 100 valence electrons. The third kappa shape index (κ3) is 3.03. The molecule has 0 fully saturated rings. The molecule has 0 aliphatic carbocycles. The van der Waals surface area contributed by atoms with E-state index in [0.717, 1.165) is 12.0 Å². The van der Waals surface area contributed by atoms with Crippen LogP contribution in [0.1, 0.15) is 34.0 Å². The molecule has 0 bridgehead atoms. The van der Waals surface area contributed by atoms with Gasteiger partial charge in [0.05, 0.1) is 4.83 Å². The number of hydrogen-bond donors (Lipinski definition) is 0. The third-order valence-electron chi connectivity index (χ3n) is 3.23. The van der Waals surface area contributed by atoms with Crippen molar-refractivity contribution in [1.82, 2.24) is 0 Å². The van der Waals surface area contributed by atoms with E-state index in [-0.39, 0.29) is 16.5 Å². The van der Waals surface area contributed by atoms with Crippen LogP contribution < -0.4 is 0 Å². The first-order valence-corrected chi connectivity index (χ1v) is 7.13. The minimum absolute atomic E-state index is 0.322. The normalized spacial score (nSPS) is 12.5. The molecule has 2 aromatic rings. The molecule has 0 radical (unpaired) electrons. The monoisotopic (exact) mass is 324 g/mol. The lowest BCUT2D eigenvalue weighted by Gasteiger charge is -2.13. The van der Waals surface area contributed by atoms with Crippen LogP contribution in [0.5, 0.6) is 0 Å². The van der Waals surface area contributed by atoms with Crippen molar-refractivity contribution in [3.05, 3.63) is 70.3 Å². The predicted molar refractivity (Wildman–Crippen MR) is 77.7 cm³/mol. The van der Waals surface area contributed by atoms with Gasteiger partial charge in [0.1, 0.15) is 11.6 Å². The van der Waals surface area contributed by atoms with Crippen LogP contribution in [0.3, 0.4) is 0 Å². The van der Waals surface area contributed by atoms with E-state index < -0.39 is 0 Å². The largest absolute Gasteiger partial charge is 0.207 e. The first-order chi connectivity index (χ1) is 9.02. The van der Waals surface area contributed by atoms with E-state index in [1.54, 1.807) is 6.92 Å². The Hall–Kier alpha value is -1.22. The molecule has 3 heteroatoms. The Labute approximate surface area is 120 Å². The molecule has 2 rings (SSSR count). The quantitative estimate of drug-likeness (QED) is 0.670. The molecular formula is C16H15BrF2. The van der Waals surface area contributed by atoms with Crippen molar-refractivity contribution < 1.29 is 8.78 Å². The van der Waals surface area contributed by atoms with Crippen LogP contribution in [0.15, 0.2) is 36.4 Å². The van der Waals surface area contributed by atoms with Gasteiger partial charge in [-0.3, -0.25) is 0 Å². The summed E-state index contributed by atoms with van der Waals surface area (Å²) in [5.74, 6) is -0.772. The minimum atomic E-state index is -0.389. The third-order valence-corrected chi connectivity index (χ3v) is 4.25. The standard InChI is InChI=1S/C16H15BrF2/c1-3-11-4-6-12(7-5-11)16(17)13-9-14(18)10(2)8-15(13)19/h4-9,16H,3H2,1-2H3. The van der Waals surface area contributed by atoms with Gasteiger partial charge in [0.15, 0.2) is 0 Å². The Morgan fingerprint density at radius 2 is 1.68 bits per heavy atom. The van der Waals surface area contributed by atoms with Crippen LogP contribution in [0.4, 0.5) is 8.78 Å². The van der Waals surface area contributed by atoms with Crippen LogP contribution >= 0.6 is 15.9 Å². The fourth-order valence-corrected chi connectivity index (χ4v) is 2.61. The predicted octanol–water partition coefficient (Wildman–Crippen LogP) is 5.32. The van der Waals surface area contributed by atoms with Crippen molar-refractivity contribution >= 4 is 15.9 Å². The average molecular weight is 325 g/mol. The highest BCUT2D eigenvalue weighted by molar-refractivity contribution is 9.09. The Bertz CT molecular complexity index is 576. The highest BCUT2D eigenvalue weighted by Crippen LogP contribution is 2.33. The maximum absolute atomic E-state index is 13.9. The van der Waals surface area contributed by atoms with Crippen molar-refractivity contribution in [2.24, 2.45) is 0 Å². The topological polar surface area (TPSA) is 0 Å². The molecule has 0 aromatic heterocycles. The second kappa shape index (κ2) is 5.83. The van der Waals surface area contributed by atoms with Crippen molar-refractivity contribution in [2.75, 3.05) is 0 Å². The number of rotatable bonds is 3. The molecule has 0 spiro atoms. The molecule has 0 heterocycles. The number of aryl methyl sites for hydroxylation is 2. The van der Waals surface area contributed by atoms with Gasteiger partial charge in [0.2, 0.25) is 0 Å². The first-order valence-electron chi connectivity index (χ1n) is 6.21. The summed E-state index contributed by atoms with van der Waals surface area (Å²) >= 11 is 3.44. The van der Waals surface area contributed by atoms with Gasteiger partial charge in [0.25, 0.3) is 0 Å². The zero-order chi connectivity index (χ0) is 14.0. The van der Waals surface area contributed by atoms with Crippen molar-refractivity contribution in [2.45, 2.75) is 25.1 Å². The molecular weight excluding hydrogens is 310 g/mol. The van der Waals surface area contributed by atoms with E-state index in [4.69, 9.17) is 0 Å². The molecule has 0 aliphatic rings. The second-order valence-electron chi connectivity index (χ2n) is 4.58. The van der Waals surface area contributed by atoms with Crippen molar-refractivity contribution in [1.29, 1.82) is 0 Å². The maximum Gasteiger partial charge on any atom is 0.128 e. The molecule has 0 N–H and O–H groups in total. The SMILES string of the molecule is CCc1ccc(C(Br)c2cc(F)c(C)cc2F)cc1. The van der Waals surface area contributed by atoms with Crippen LogP contribution in [0, 0.1) is 18.6 Å². The molecule has 1 unspecified atom stereocenters. The number of hydrogen-bond acceptors (Lipinski definition) is 0. The van der Waals surface area contributed by atoms with Gasteiger partial charge in [-0.1, -0.05) is 47.1 Å². The van der Waals surface area contributed by atoms with Crippen LogP contribution in [0.25, 0.3) is 0 Å². The highest BCUT2D eigenvalue weighted by Gasteiger charge is 2.17. The van der Waals surface area contributed by atoms with Gasteiger partial charge in [-0.15, -0.1) is 0 Å². The van der Waals surface area contributed by atoms with E-state index in [0.29, 0.717) is 11.1 Å². The smallest absolute Gasteiger partial charge is 0.128 e.